The average Bonchev–Trinajstić information content (AvgIpc) is 2.28. The lowest BCUT2D eigenvalue weighted by molar-refractivity contribution is -0.253. The fourth-order valence-corrected chi connectivity index (χ4v) is 1.64. The number of ether oxygens (including phenoxy) is 2. The smallest absolute Gasteiger partial charge is 0.407 e. The first kappa shape index (κ1) is 15.1. The monoisotopic (exact) mass is 265 g/mol. The summed E-state index contributed by atoms with van der Waals surface area (Å²) in [4.78, 5) is 11.3. The molecule has 18 heavy (non-hydrogen) atoms. The lowest BCUT2D eigenvalue weighted by Crippen LogP contribution is -2.64. The molecule has 0 aliphatic carbocycles. The van der Waals surface area contributed by atoms with Crippen molar-refractivity contribution >= 4 is 6.09 Å². The Labute approximate surface area is 104 Å². The van der Waals surface area contributed by atoms with Crippen LogP contribution in [0.4, 0.5) is 4.79 Å². The van der Waals surface area contributed by atoms with Crippen molar-refractivity contribution in [3.63, 3.8) is 0 Å². The molecule has 1 rings (SSSR count). The zero-order valence-corrected chi connectivity index (χ0v) is 10.2. The third-order valence-electron chi connectivity index (χ3n) is 2.53. The summed E-state index contributed by atoms with van der Waals surface area (Å²) < 4.78 is 9.64. The zero-order valence-electron chi connectivity index (χ0n) is 10.2. The van der Waals surface area contributed by atoms with Gasteiger partial charge in [0.2, 0.25) is 0 Å². The lowest BCUT2D eigenvalue weighted by atomic mass is 9.97. The lowest BCUT2D eigenvalue weighted by Gasteiger charge is -2.40. The summed E-state index contributed by atoms with van der Waals surface area (Å²) in [7, 11) is 0. The molecule has 0 aromatic rings. The minimum absolute atomic E-state index is 0.362. The second-order valence-corrected chi connectivity index (χ2v) is 4.35. The maximum absolute atomic E-state index is 11.3. The van der Waals surface area contributed by atoms with E-state index >= 15 is 0 Å². The Balaban J connectivity index is 2.62. The first-order valence-corrected chi connectivity index (χ1v) is 5.64. The molecule has 0 spiro atoms. The van der Waals surface area contributed by atoms with Gasteiger partial charge in [-0.05, 0) is 13.8 Å². The van der Waals surface area contributed by atoms with Crippen molar-refractivity contribution in [1.82, 2.24) is 5.32 Å². The number of hydrogen-bond donors (Lipinski definition) is 5. The van der Waals surface area contributed by atoms with Gasteiger partial charge in [0.15, 0.2) is 6.29 Å². The quantitative estimate of drug-likeness (QED) is 0.396. The number of carbonyl (C=O) groups is 1. The van der Waals surface area contributed by atoms with Crippen LogP contribution in [0.1, 0.15) is 13.8 Å². The van der Waals surface area contributed by atoms with Crippen LogP contribution in [0.5, 0.6) is 0 Å². The van der Waals surface area contributed by atoms with E-state index in [0.717, 1.165) is 0 Å². The molecule has 5 atom stereocenters. The molecule has 8 heteroatoms. The minimum atomic E-state index is -1.54. The number of alkyl carbamates (subject to hydrolysis) is 1. The van der Waals surface area contributed by atoms with Crippen molar-refractivity contribution in [3.8, 4) is 0 Å². The summed E-state index contributed by atoms with van der Waals surface area (Å²) in [6.45, 7) is 2.72. The maximum Gasteiger partial charge on any atom is 0.407 e. The van der Waals surface area contributed by atoms with Gasteiger partial charge in [-0.25, -0.2) is 4.79 Å². The van der Waals surface area contributed by atoms with Crippen LogP contribution < -0.4 is 5.32 Å². The van der Waals surface area contributed by atoms with E-state index in [1.54, 1.807) is 13.8 Å². The van der Waals surface area contributed by atoms with E-state index in [4.69, 9.17) is 14.6 Å². The maximum atomic E-state index is 11.3. The van der Waals surface area contributed by atoms with Crippen molar-refractivity contribution in [3.05, 3.63) is 0 Å². The van der Waals surface area contributed by atoms with Crippen molar-refractivity contribution in [2.24, 2.45) is 0 Å². The molecular formula is C10H19NO7. The third kappa shape index (κ3) is 3.53. The molecule has 0 saturated carbocycles. The van der Waals surface area contributed by atoms with Gasteiger partial charge >= 0.3 is 6.09 Å². The molecule has 0 aromatic carbocycles. The average molecular weight is 265 g/mol. The van der Waals surface area contributed by atoms with Gasteiger partial charge in [0.25, 0.3) is 0 Å². The number of aliphatic hydroxyl groups excluding tert-OH is 4. The van der Waals surface area contributed by atoms with Gasteiger partial charge in [-0.2, -0.15) is 0 Å². The molecule has 1 heterocycles. The molecule has 1 aliphatic heterocycles. The minimum Gasteiger partial charge on any atom is -0.447 e. The number of hydrogen-bond acceptors (Lipinski definition) is 7. The normalized spacial score (nSPS) is 36.5. The molecule has 106 valence electrons. The van der Waals surface area contributed by atoms with E-state index in [9.17, 15) is 20.1 Å². The Hall–Kier alpha value is -0.930. The van der Waals surface area contributed by atoms with Crippen LogP contribution in [-0.4, -0.2) is 69.9 Å². The Morgan fingerprint density at radius 3 is 2.44 bits per heavy atom. The number of carbonyl (C=O) groups excluding carboxylic acids is 1. The fourth-order valence-electron chi connectivity index (χ4n) is 1.64. The van der Waals surface area contributed by atoms with Crippen LogP contribution in [0.25, 0.3) is 0 Å². The molecule has 1 amide bonds. The highest BCUT2D eigenvalue weighted by Crippen LogP contribution is 2.19. The van der Waals surface area contributed by atoms with E-state index < -0.39 is 43.3 Å². The van der Waals surface area contributed by atoms with E-state index in [-0.39, 0.29) is 6.10 Å². The summed E-state index contributed by atoms with van der Waals surface area (Å²) in [6.07, 6.45) is -6.73. The topological polar surface area (TPSA) is 128 Å². The SMILES string of the molecule is CC(C)OC(=O)NC1C(O)O[C@H](CO)[C@@H](O)[C@@H]1O. The van der Waals surface area contributed by atoms with Gasteiger partial charge in [-0.1, -0.05) is 0 Å². The molecule has 1 fully saturated rings. The highest BCUT2D eigenvalue weighted by atomic mass is 16.6. The van der Waals surface area contributed by atoms with Gasteiger partial charge in [-0.15, -0.1) is 0 Å². The van der Waals surface area contributed by atoms with Crippen LogP contribution in [0.15, 0.2) is 0 Å². The standard InChI is InChI=1S/C10H19NO7/c1-4(2)17-10(16)11-6-8(14)7(13)5(3-12)18-9(6)15/h4-9,12-15H,3H2,1-2H3,(H,11,16)/t5-,6?,7-,8-,9?/m1/s1. The molecule has 0 aromatic heterocycles. The summed E-state index contributed by atoms with van der Waals surface area (Å²) in [5.74, 6) is 0. The van der Waals surface area contributed by atoms with Crippen molar-refractivity contribution in [2.45, 2.75) is 50.6 Å². The zero-order chi connectivity index (χ0) is 13.9. The van der Waals surface area contributed by atoms with Crippen molar-refractivity contribution in [1.29, 1.82) is 0 Å². The van der Waals surface area contributed by atoms with Gasteiger partial charge in [0, 0.05) is 0 Å². The summed E-state index contributed by atoms with van der Waals surface area (Å²) in [5, 5.41) is 39.9. The number of nitrogens with one attached hydrogen (secondary N) is 1. The van der Waals surface area contributed by atoms with Crippen LogP contribution in [-0.2, 0) is 9.47 Å². The second-order valence-electron chi connectivity index (χ2n) is 4.35. The first-order valence-electron chi connectivity index (χ1n) is 5.64. The van der Waals surface area contributed by atoms with Crippen LogP contribution in [0.2, 0.25) is 0 Å². The molecular weight excluding hydrogens is 246 g/mol. The summed E-state index contributed by atoms with van der Waals surface area (Å²) in [6, 6.07) is -1.23. The number of aliphatic hydroxyl groups is 4. The first-order chi connectivity index (χ1) is 8.36. The Kier molecular flexibility index (Phi) is 5.29. The van der Waals surface area contributed by atoms with Gasteiger partial charge in [-0.3, -0.25) is 0 Å². The summed E-state index contributed by atoms with van der Waals surface area (Å²) in [5.41, 5.74) is 0. The predicted octanol–water partition coefficient (Wildman–Crippen LogP) is -2.08. The molecule has 0 radical (unpaired) electrons. The molecule has 1 aliphatic rings. The van der Waals surface area contributed by atoms with Crippen LogP contribution in [0.3, 0.4) is 0 Å². The van der Waals surface area contributed by atoms with E-state index in [1.807, 2.05) is 0 Å². The Bertz CT molecular complexity index is 285. The number of amides is 1. The molecule has 5 N–H and O–H groups in total. The molecule has 2 unspecified atom stereocenters. The van der Waals surface area contributed by atoms with E-state index in [2.05, 4.69) is 5.32 Å². The summed E-state index contributed by atoms with van der Waals surface area (Å²) >= 11 is 0. The van der Waals surface area contributed by atoms with E-state index in [0.29, 0.717) is 0 Å². The molecule has 8 nitrogen and oxygen atoms in total. The Morgan fingerprint density at radius 2 is 1.94 bits per heavy atom. The predicted molar refractivity (Wildman–Crippen MR) is 58.5 cm³/mol. The van der Waals surface area contributed by atoms with Crippen LogP contribution in [0, 0.1) is 0 Å². The van der Waals surface area contributed by atoms with Crippen molar-refractivity contribution < 1.29 is 34.7 Å². The highest BCUT2D eigenvalue weighted by molar-refractivity contribution is 5.68. The fraction of sp³-hybridized carbons (Fsp3) is 0.900. The Morgan fingerprint density at radius 1 is 1.33 bits per heavy atom. The van der Waals surface area contributed by atoms with Crippen molar-refractivity contribution in [2.75, 3.05) is 6.61 Å². The van der Waals surface area contributed by atoms with Gasteiger partial charge < -0.3 is 35.2 Å². The van der Waals surface area contributed by atoms with E-state index in [1.165, 1.54) is 0 Å². The molecule has 0 bridgehead atoms. The largest absolute Gasteiger partial charge is 0.447 e. The van der Waals surface area contributed by atoms with Gasteiger partial charge in [0.05, 0.1) is 12.7 Å². The van der Waals surface area contributed by atoms with Crippen LogP contribution >= 0.6 is 0 Å². The highest BCUT2D eigenvalue weighted by Gasteiger charge is 2.44. The third-order valence-corrected chi connectivity index (χ3v) is 2.53. The second kappa shape index (κ2) is 6.30. The van der Waals surface area contributed by atoms with Gasteiger partial charge in [0.1, 0.15) is 24.4 Å². The number of rotatable bonds is 3. The molecule has 1 saturated heterocycles.